The van der Waals surface area contributed by atoms with Crippen molar-refractivity contribution in [1.29, 1.82) is 0 Å². The average Bonchev–Trinajstić information content (AvgIpc) is 3.14. The number of benzene rings is 2. The van der Waals surface area contributed by atoms with Crippen molar-refractivity contribution < 1.29 is 22.3 Å². The maximum atomic E-state index is 13.2. The first-order valence-corrected chi connectivity index (χ1v) is 9.73. The van der Waals surface area contributed by atoms with Crippen LogP contribution in [-0.2, 0) is 14.8 Å². The Kier molecular flexibility index (Phi) is 5.45. The van der Waals surface area contributed by atoms with E-state index in [4.69, 9.17) is 16.3 Å². The third kappa shape index (κ3) is 4.32. The number of carbonyl (C=O) groups excluding carboxylic acids is 1. The van der Waals surface area contributed by atoms with Gasteiger partial charge in [0.15, 0.2) is 0 Å². The summed E-state index contributed by atoms with van der Waals surface area (Å²) < 4.78 is 45.4. The predicted molar refractivity (Wildman–Crippen MR) is 97.6 cm³/mol. The molecular formula is C17H16ClFN2O4S. The molecule has 1 amide bonds. The predicted octanol–water partition coefficient (Wildman–Crippen LogP) is 3.26. The second kappa shape index (κ2) is 7.61. The molecule has 0 radical (unpaired) electrons. The van der Waals surface area contributed by atoms with E-state index in [9.17, 15) is 17.6 Å². The Labute approximate surface area is 155 Å². The topological polar surface area (TPSA) is 84.5 Å². The lowest BCUT2D eigenvalue weighted by atomic mass is 10.2. The van der Waals surface area contributed by atoms with Crippen molar-refractivity contribution in [2.75, 3.05) is 23.3 Å². The van der Waals surface area contributed by atoms with Crippen molar-refractivity contribution in [2.24, 2.45) is 0 Å². The summed E-state index contributed by atoms with van der Waals surface area (Å²) in [5.74, 6) is -1.06. The SMILES string of the molecule is O=C(Nc1ccc(F)c(Cl)c1)c1cccc(NS(=O)(=O)C2CCOC2)c1. The van der Waals surface area contributed by atoms with Crippen molar-refractivity contribution in [3.8, 4) is 0 Å². The van der Waals surface area contributed by atoms with Gasteiger partial charge in [-0.05, 0) is 42.8 Å². The molecule has 0 saturated carbocycles. The number of nitrogens with one attached hydrogen (secondary N) is 2. The number of carbonyl (C=O) groups is 1. The molecule has 1 aliphatic rings. The van der Waals surface area contributed by atoms with E-state index in [1.54, 1.807) is 12.1 Å². The van der Waals surface area contributed by atoms with E-state index in [0.29, 0.717) is 18.7 Å². The van der Waals surface area contributed by atoms with Gasteiger partial charge in [-0.3, -0.25) is 9.52 Å². The Morgan fingerprint density at radius 3 is 2.69 bits per heavy atom. The first-order valence-electron chi connectivity index (χ1n) is 7.81. The van der Waals surface area contributed by atoms with Gasteiger partial charge in [0.1, 0.15) is 11.1 Å². The fourth-order valence-electron chi connectivity index (χ4n) is 2.51. The van der Waals surface area contributed by atoms with Gasteiger partial charge in [-0.15, -0.1) is 0 Å². The lowest BCUT2D eigenvalue weighted by Crippen LogP contribution is -2.28. The number of sulfonamides is 1. The highest BCUT2D eigenvalue weighted by Gasteiger charge is 2.29. The zero-order valence-corrected chi connectivity index (χ0v) is 15.1. The molecule has 6 nitrogen and oxygen atoms in total. The van der Waals surface area contributed by atoms with Crippen LogP contribution in [0.25, 0.3) is 0 Å². The standard InChI is InChI=1S/C17H16ClFN2O4S/c18-15-9-12(4-5-16(15)19)20-17(22)11-2-1-3-13(8-11)21-26(23,24)14-6-7-25-10-14/h1-5,8-9,14,21H,6-7,10H2,(H,20,22). The number of hydrogen-bond donors (Lipinski definition) is 2. The highest BCUT2D eigenvalue weighted by molar-refractivity contribution is 7.93. The molecule has 26 heavy (non-hydrogen) atoms. The molecule has 138 valence electrons. The van der Waals surface area contributed by atoms with E-state index in [-0.39, 0.29) is 22.9 Å². The van der Waals surface area contributed by atoms with Gasteiger partial charge in [0.2, 0.25) is 10.0 Å². The molecule has 1 heterocycles. The van der Waals surface area contributed by atoms with Crippen molar-refractivity contribution in [3.63, 3.8) is 0 Å². The molecule has 0 aliphatic carbocycles. The minimum Gasteiger partial charge on any atom is -0.380 e. The van der Waals surface area contributed by atoms with Crippen LogP contribution in [0.1, 0.15) is 16.8 Å². The molecule has 1 atom stereocenters. The molecule has 1 saturated heterocycles. The maximum absolute atomic E-state index is 13.2. The molecule has 2 aromatic rings. The molecule has 2 N–H and O–H groups in total. The molecule has 9 heteroatoms. The Bertz CT molecular complexity index is 930. The maximum Gasteiger partial charge on any atom is 0.255 e. The van der Waals surface area contributed by atoms with Crippen LogP contribution in [-0.4, -0.2) is 32.8 Å². The van der Waals surface area contributed by atoms with Crippen LogP contribution >= 0.6 is 11.6 Å². The van der Waals surface area contributed by atoms with Crippen molar-refractivity contribution in [2.45, 2.75) is 11.7 Å². The van der Waals surface area contributed by atoms with E-state index < -0.39 is 27.0 Å². The number of hydrogen-bond acceptors (Lipinski definition) is 4. The van der Waals surface area contributed by atoms with Crippen LogP contribution in [0.5, 0.6) is 0 Å². The van der Waals surface area contributed by atoms with Gasteiger partial charge in [-0.1, -0.05) is 17.7 Å². The highest BCUT2D eigenvalue weighted by atomic mass is 35.5. The fourth-order valence-corrected chi connectivity index (χ4v) is 3.99. The van der Waals surface area contributed by atoms with E-state index in [1.807, 2.05) is 0 Å². The monoisotopic (exact) mass is 398 g/mol. The zero-order valence-electron chi connectivity index (χ0n) is 13.5. The van der Waals surface area contributed by atoms with Gasteiger partial charge in [-0.2, -0.15) is 0 Å². The summed E-state index contributed by atoms with van der Waals surface area (Å²) in [5, 5.41) is 1.87. The third-order valence-corrected chi connectivity index (χ3v) is 5.95. The molecular weight excluding hydrogens is 383 g/mol. The van der Waals surface area contributed by atoms with Crippen LogP contribution < -0.4 is 10.0 Å². The molecule has 1 fully saturated rings. The molecule has 1 unspecified atom stereocenters. The van der Waals surface area contributed by atoms with Gasteiger partial charge in [-0.25, -0.2) is 12.8 Å². The minimum absolute atomic E-state index is 0.108. The van der Waals surface area contributed by atoms with Gasteiger partial charge in [0.05, 0.1) is 11.6 Å². The minimum atomic E-state index is -3.59. The molecule has 0 spiro atoms. The Morgan fingerprint density at radius 1 is 1.19 bits per heavy atom. The summed E-state index contributed by atoms with van der Waals surface area (Å²) in [7, 11) is -3.59. The van der Waals surface area contributed by atoms with E-state index in [2.05, 4.69) is 10.0 Å². The van der Waals surface area contributed by atoms with E-state index >= 15 is 0 Å². The average molecular weight is 399 g/mol. The van der Waals surface area contributed by atoms with Crippen LogP contribution in [0, 0.1) is 5.82 Å². The highest BCUT2D eigenvalue weighted by Crippen LogP contribution is 2.22. The fraction of sp³-hybridized carbons (Fsp3) is 0.235. The summed E-state index contributed by atoms with van der Waals surface area (Å²) in [6.45, 7) is 0.565. The first-order chi connectivity index (χ1) is 12.3. The second-order valence-electron chi connectivity index (χ2n) is 5.80. The zero-order chi connectivity index (χ0) is 18.7. The summed E-state index contributed by atoms with van der Waals surface area (Å²) in [4.78, 5) is 12.3. The molecule has 1 aliphatic heterocycles. The first kappa shape index (κ1) is 18.6. The van der Waals surface area contributed by atoms with Crippen molar-refractivity contribution >= 4 is 38.9 Å². The number of halogens is 2. The Hall–Kier alpha value is -2.16. The smallest absolute Gasteiger partial charge is 0.255 e. The third-order valence-electron chi connectivity index (χ3n) is 3.89. The van der Waals surface area contributed by atoms with Gasteiger partial charge in [0, 0.05) is 23.5 Å². The van der Waals surface area contributed by atoms with E-state index in [1.165, 1.54) is 24.3 Å². The number of amides is 1. The lowest BCUT2D eigenvalue weighted by molar-refractivity contribution is 0.102. The lowest BCUT2D eigenvalue weighted by Gasteiger charge is -2.13. The quantitative estimate of drug-likeness (QED) is 0.809. The largest absolute Gasteiger partial charge is 0.380 e. The van der Waals surface area contributed by atoms with Gasteiger partial charge < -0.3 is 10.1 Å². The Balaban J connectivity index is 1.73. The number of ether oxygens (including phenoxy) is 1. The van der Waals surface area contributed by atoms with E-state index in [0.717, 1.165) is 6.07 Å². The van der Waals surface area contributed by atoms with Crippen molar-refractivity contribution in [3.05, 3.63) is 58.9 Å². The Morgan fingerprint density at radius 2 is 2.00 bits per heavy atom. The summed E-state index contributed by atoms with van der Waals surface area (Å²) in [5.41, 5.74) is 0.852. The molecule has 2 aromatic carbocycles. The van der Waals surface area contributed by atoms with Crippen LogP contribution in [0.4, 0.5) is 15.8 Å². The summed E-state index contributed by atoms with van der Waals surface area (Å²) in [6.07, 6.45) is 0.431. The molecule has 3 rings (SSSR count). The van der Waals surface area contributed by atoms with Crippen LogP contribution in [0.15, 0.2) is 42.5 Å². The summed E-state index contributed by atoms with van der Waals surface area (Å²) in [6, 6.07) is 9.90. The van der Waals surface area contributed by atoms with Crippen LogP contribution in [0.2, 0.25) is 5.02 Å². The van der Waals surface area contributed by atoms with Gasteiger partial charge >= 0.3 is 0 Å². The number of anilines is 2. The van der Waals surface area contributed by atoms with Gasteiger partial charge in [0.25, 0.3) is 5.91 Å². The second-order valence-corrected chi connectivity index (χ2v) is 8.16. The summed E-state index contributed by atoms with van der Waals surface area (Å²) >= 11 is 5.69. The van der Waals surface area contributed by atoms with Crippen molar-refractivity contribution in [1.82, 2.24) is 0 Å². The van der Waals surface area contributed by atoms with Crippen LogP contribution in [0.3, 0.4) is 0 Å². The number of rotatable bonds is 5. The molecule has 0 bridgehead atoms. The molecule has 0 aromatic heterocycles. The normalized spacial score (nSPS) is 17.1.